The Labute approximate surface area is 184 Å². The number of halogens is 4. The molecule has 1 amide bonds. The molecule has 1 aliphatic rings. The second kappa shape index (κ2) is 9.18. The van der Waals surface area contributed by atoms with Crippen molar-refractivity contribution in [1.29, 1.82) is 0 Å². The molecule has 10 heteroatoms. The third-order valence-corrected chi connectivity index (χ3v) is 7.49. The van der Waals surface area contributed by atoms with E-state index in [9.17, 15) is 26.4 Å². The van der Waals surface area contributed by atoms with E-state index in [-0.39, 0.29) is 27.6 Å². The van der Waals surface area contributed by atoms with Gasteiger partial charge in [-0.15, -0.1) is 0 Å². The molecular formula is C21H22ClF3N2O3S. The molecule has 168 valence electrons. The molecule has 0 aromatic heterocycles. The van der Waals surface area contributed by atoms with E-state index in [0.29, 0.717) is 19.0 Å². The standard InChI is InChI=1S/C21H22ClF3N2O3S/c1-14-7-9-27(10-8-14)31(29,30)17-5-6-19(22)18(12-17)20(28)26-13-15-3-2-4-16(11-15)21(23,24)25/h2-6,11-12,14H,7-10,13H2,1H3,(H,26,28). The number of alkyl halides is 3. The fourth-order valence-corrected chi connectivity index (χ4v) is 5.05. The van der Waals surface area contributed by atoms with Crippen LogP contribution < -0.4 is 5.32 Å². The van der Waals surface area contributed by atoms with Crippen LogP contribution in [0.15, 0.2) is 47.4 Å². The average molecular weight is 475 g/mol. The Morgan fingerprint density at radius 2 is 1.84 bits per heavy atom. The van der Waals surface area contributed by atoms with Crippen LogP contribution in [0.25, 0.3) is 0 Å². The number of sulfonamides is 1. The molecule has 0 saturated carbocycles. The minimum Gasteiger partial charge on any atom is -0.348 e. The van der Waals surface area contributed by atoms with Gasteiger partial charge in [0.25, 0.3) is 5.91 Å². The van der Waals surface area contributed by atoms with Crippen molar-refractivity contribution in [2.24, 2.45) is 5.92 Å². The van der Waals surface area contributed by atoms with Crippen LogP contribution in [0.4, 0.5) is 13.2 Å². The van der Waals surface area contributed by atoms with E-state index in [2.05, 4.69) is 12.2 Å². The molecule has 1 fully saturated rings. The number of nitrogens with zero attached hydrogens (tertiary/aromatic N) is 1. The van der Waals surface area contributed by atoms with Crippen molar-refractivity contribution in [3.8, 4) is 0 Å². The van der Waals surface area contributed by atoms with E-state index >= 15 is 0 Å². The molecule has 0 radical (unpaired) electrons. The highest BCUT2D eigenvalue weighted by molar-refractivity contribution is 7.89. The van der Waals surface area contributed by atoms with Crippen LogP contribution in [0.5, 0.6) is 0 Å². The molecule has 0 unspecified atom stereocenters. The first-order valence-electron chi connectivity index (χ1n) is 9.72. The summed E-state index contributed by atoms with van der Waals surface area (Å²) in [6, 6.07) is 8.48. The number of rotatable bonds is 5. The van der Waals surface area contributed by atoms with Gasteiger partial charge in [0.05, 0.1) is 21.0 Å². The van der Waals surface area contributed by atoms with Crippen molar-refractivity contribution in [2.45, 2.75) is 37.4 Å². The Hall–Kier alpha value is -2.10. The second-order valence-electron chi connectivity index (χ2n) is 7.61. The summed E-state index contributed by atoms with van der Waals surface area (Å²) in [5, 5.41) is 2.55. The molecular weight excluding hydrogens is 453 g/mol. The van der Waals surface area contributed by atoms with Crippen LogP contribution in [0.2, 0.25) is 5.02 Å². The van der Waals surface area contributed by atoms with Crippen molar-refractivity contribution in [2.75, 3.05) is 13.1 Å². The highest BCUT2D eigenvalue weighted by Gasteiger charge is 2.31. The molecule has 0 aliphatic carbocycles. The van der Waals surface area contributed by atoms with E-state index in [1.807, 2.05) is 0 Å². The number of hydrogen-bond acceptors (Lipinski definition) is 3. The minimum atomic E-state index is -4.49. The molecule has 1 N–H and O–H groups in total. The molecule has 0 spiro atoms. The number of carbonyl (C=O) groups excluding carboxylic acids is 1. The zero-order chi connectivity index (χ0) is 22.8. The van der Waals surface area contributed by atoms with Crippen molar-refractivity contribution in [3.05, 3.63) is 64.2 Å². The molecule has 0 atom stereocenters. The number of piperidine rings is 1. The van der Waals surface area contributed by atoms with E-state index in [1.165, 1.54) is 34.6 Å². The molecule has 1 aliphatic heterocycles. The maximum absolute atomic E-state index is 12.9. The fourth-order valence-electron chi connectivity index (χ4n) is 3.35. The van der Waals surface area contributed by atoms with E-state index in [0.717, 1.165) is 25.0 Å². The quantitative estimate of drug-likeness (QED) is 0.682. The summed E-state index contributed by atoms with van der Waals surface area (Å²) in [5.41, 5.74) is -0.619. The highest BCUT2D eigenvalue weighted by atomic mass is 35.5. The SMILES string of the molecule is CC1CCN(S(=O)(=O)c2ccc(Cl)c(C(=O)NCc3cccc(C(F)(F)F)c3)c2)CC1. The molecule has 0 bridgehead atoms. The van der Waals surface area contributed by atoms with Gasteiger partial charge in [-0.05, 0) is 54.7 Å². The number of carbonyl (C=O) groups is 1. The van der Waals surface area contributed by atoms with Gasteiger partial charge >= 0.3 is 6.18 Å². The Kier molecular flexibility index (Phi) is 6.98. The predicted octanol–water partition coefficient (Wildman–Crippen LogP) is 4.71. The van der Waals surface area contributed by atoms with E-state index in [1.54, 1.807) is 0 Å². The van der Waals surface area contributed by atoms with Gasteiger partial charge in [-0.3, -0.25) is 4.79 Å². The van der Waals surface area contributed by atoms with E-state index in [4.69, 9.17) is 11.6 Å². The Morgan fingerprint density at radius 1 is 1.16 bits per heavy atom. The summed E-state index contributed by atoms with van der Waals surface area (Å²) in [4.78, 5) is 12.5. The summed E-state index contributed by atoms with van der Waals surface area (Å²) in [5.74, 6) is -0.222. The first-order valence-corrected chi connectivity index (χ1v) is 11.5. The van der Waals surface area contributed by atoms with Gasteiger partial charge in [-0.25, -0.2) is 8.42 Å². The number of amides is 1. The summed E-state index contributed by atoms with van der Waals surface area (Å²) in [7, 11) is -3.78. The van der Waals surface area contributed by atoms with Crippen molar-refractivity contribution < 1.29 is 26.4 Å². The third-order valence-electron chi connectivity index (χ3n) is 5.27. The first kappa shape index (κ1) is 23.6. The molecule has 2 aromatic rings. The minimum absolute atomic E-state index is 0.0457. The largest absolute Gasteiger partial charge is 0.416 e. The molecule has 3 rings (SSSR count). The van der Waals surface area contributed by atoms with Crippen LogP contribution in [-0.4, -0.2) is 31.7 Å². The van der Waals surface area contributed by atoms with Crippen molar-refractivity contribution in [3.63, 3.8) is 0 Å². The van der Waals surface area contributed by atoms with Gasteiger partial charge in [0, 0.05) is 19.6 Å². The zero-order valence-electron chi connectivity index (χ0n) is 16.7. The normalized spacial score (nSPS) is 16.3. The molecule has 31 heavy (non-hydrogen) atoms. The molecule has 5 nitrogen and oxygen atoms in total. The summed E-state index contributed by atoms with van der Waals surface area (Å²) in [6.45, 7) is 2.71. The molecule has 1 saturated heterocycles. The predicted molar refractivity (Wildman–Crippen MR) is 111 cm³/mol. The van der Waals surface area contributed by atoms with Crippen LogP contribution in [0.1, 0.15) is 41.3 Å². The van der Waals surface area contributed by atoms with Gasteiger partial charge in [-0.2, -0.15) is 17.5 Å². The summed E-state index contributed by atoms with van der Waals surface area (Å²) < 4.78 is 65.8. The van der Waals surface area contributed by atoms with Gasteiger partial charge < -0.3 is 5.32 Å². The fraction of sp³-hybridized carbons (Fsp3) is 0.381. The van der Waals surface area contributed by atoms with Gasteiger partial charge in [0.2, 0.25) is 10.0 Å². The van der Waals surface area contributed by atoms with Crippen LogP contribution in [0.3, 0.4) is 0 Å². The third kappa shape index (κ3) is 5.58. The lowest BCUT2D eigenvalue weighted by molar-refractivity contribution is -0.137. The van der Waals surface area contributed by atoms with Crippen LogP contribution >= 0.6 is 11.6 Å². The maximum Gasteiger partial charge on any atom is 0.416 e. The second-order valence-corrected chi connectivity index (χ2v) is 9.95. The topological polar surface area (TPSA) is 66.5 Å². The van der Waals surface area contributed by atoms with E-state index < -0.39 is 27.7 Å². The van der Waals surface area contributed by atoms with Gasteiger partial charge in [0.1, 0.15) is 0 Å². The average Bonchev–Trinajstić information content (AvgIpc) is 2.72. The van der Waals surface area contributed by atoms with Crippen LogP contribution in [-0.2, 0) is 22.7 Å². The lowest BCUT2D eigenvalue weighted by Gasteiger charge is -2.29. The summed E-state index contributed by atoms with van der Waals surface area (Å²) >= 11 is 6.09. The zero-order valence-corrected chi connectivity index (χ0v) is 18.3. The van der Waals surface area contributed by atoms with Crippen molar-refractivity contribution in [1.82, 2.24) is 9.62 Å². The Balaban J connectivity index is 1.76. The van der Waals surface area contributed by atoms with Gasteiger partial charge in [-0.1, -0.05) is 30.7 Å². The Morgan fingerprint density at radius 3 is 2.48 bits per heavy atom. The first-order chi connectivity index (χ1) is 14.5. The maximum atomic E-state index is 12.9. The van der Waals surface area contributed by atoms with Gasteiger partial charge in [0.15, 0.2) is 0 Å². The summed E-state index contributed by atoms with van der Waals surface area (Å²) in [6.07, 6.45) is -2.97. The molecule has 2 aromatic carbocycles. The smallest absolute Gasteiger partial charge is 0.348 e. The lowest BCUT2D eigenvalue weighted by Crippen LogP contribution is -2.38. The number of hydrogen-bond donors (Lipinski definition) is 1. The lowest BCUT2D eigenvalue weighted by atomic mass is 10.0. The Bertz CT molecular complexity index is 1070. The number of nitrogens with one attached hydrogen (secondary N) is 1. The number of benzene rings is 2. The molecule has 1 heterocycles. The van der Waals surface area contributed by atoms with Crippen molar-refractivity contribution >= 4 is 27.5 Å². The highest BCUT2D eigenvalue weighted by Crippen LogP contribution is 2.30. The monoisotopic (exact) mass is 474 g/mol. The van der Waals surface area contributed by atoms with Crippen LogP contribution in [0, 0.1) is 5.92 Å².